The molecule has 0 aromatic heterocycles. The van der Waals surface area contributed by atoms with Crippen LogP contribution in [0.25, 0.3) is 5.57 Å². The highest BCUT2D eigenvalue weighted by Crippen LogP contribution is 2.48. The van der Waals surface area contributed by atoms with E-state index in [1.165, 1.54) is 49.7 Å². The fourth-order valence-corrected chi connectivity index (χ4v) is 5.08. The van der Waals surface area contributed by atoms with Crippen LogP contribution in [0.5, 0.6) is 0 Å². The highest BCUT2D eigenvalue weighted by Gasteiger charge is 2.43. The summed E-state index contributed by atoms with van der Waals surface area (Å²) in [7, 11) is 0. The normalized spacial score (nSPS) is 27.8. The van der Waals surface area contributed by atoms with Crippen LogP contribution >= 0.6 is 0 Å². The number of hydrogen-bond donors (Lipinski definition) is 0. The van der Waals surface area contributed by atoms with Gasteiger partial charge in [-0.25, -0.2) is 0 Å². The third kappa shape index (κ3) is 4.51. The summed E-state index contributed by atoms with van der Waals surface area (Å²) in [5, 5.41) is 0. The summed E-state index contributed by atoms with van der Waals surface area (Å²) in [6, 6.07) is 10.5. The second-order valence-electron chi connectivity index (χ2n) is 8.32. The molecule has 0 bridgehead atoms. The Morgan fingerprint density at radius 2 is 1.93 bits per heavy atom. The van der Waals surface area contributed by atoms with Gasteiger partial charge in [-0.2, -0.15) is 0 Å². The van der Waals surface area contributed by atoms with Gasteiger partial charge < -0.3 is 0 Å². The molecule has 3 rings (SSSR count). The minimum Gasteiger partial charge on any atom is -0.299 e. The molecule has 0 N–H and O–H groups in total. The standard InChI is InChI=1S/C26H34O/c1-3-5-7-10-21-13-15-24(16-14-21)26(25(27)4-2)19-17-23(18-20-26)22-11-8-6-9-12-22/h3,6,8-9,11-12,17-19,21,24H,1,4-5,7,10,13-16,20H2,2H3. The molecule has 1 fully saturated rings. The summed E-state index contributed by atoms with van der Waals surface area (Å²) in [6.45, 7) is 5.85. The van der Waals surface area contributed by atoms with Crippen LogP contribution in [0, 0.1) is 17.3 Å². The summed E-state index contributed by atoms with van der Waals surface area (Å²) in [4.78, 5) is 13.0. The highest BCUT2D eigenvalue weighted by atomic mass is 16.1. The van der Waals surface area contributed by atoms with Crippen LogP contribution in [0.15, 0.2) is 61.2 Å². The number of carbonyl (C=O) groups excluding carboxylic acids is 1. The van der Waals surface area contributed by atoms with Crippen LogP contribution in [0.3, 0.4) is 0 Å². The molecule has 1 atom stereocenters. The molecule has 0 radical (unpaired) electrons. The number of benzene rings is 1. The van der Waals surface area contributed by atoms with E-state index >= 15 is 0 Å². The maximum Gasteiger partial charge on any atom is 0.143 e. The van der Waals surface area contributed by atoms with Crippen LogP contribution in [-0.4, -0.2) is 5.78 Å². The Labute approximate surface area is 165 Å². The maximum absolute atomic E-state index is 13.0. The van der Waals surface area contributed by atoms with Crippen molar-refractivity contribution in [2.24, 2.45) is 17.3 Å². The largest absolute Gasteiger partial charge is 0.299 e. The molecule has 1 saturated carbocycles. The van der Waals surface area contributed by atoms with Crippen LogP contribution in [0.2, 0.25) is 0 Å². The molecule has 1 nitrogen and oxygen atoms in total. The lowest BCUT2D eigenvalue weighted by Crippen LogP contribution is -2.39. The second-order valence-corrected chi connectivity index (χ2v) is 8.32. The predicted molar refractivity (Wildman–Crippen MR) is 115 cm³/mol. The van der Waals surface area contributed by atoms with E-state index < -0.39 is 0 Å². The van der Waals surface area contributed by atoms with Gasteiger partial charge >= 0.3 is 0 Å². The fraction of sp³-hybridized carbons (Fsp3) is 0.500. The Balaban J connectivity index is 1.69. The Bertz CT molecular complexity index is 688. The fourth-order valence-electron chi connectivity index (χ4n) is 5.08. The first kappa shape index (κ1) is 19.9. The van der Waals surface area contributed by atoms with Gasteiger partial charge in [0.2, 0.25) is 0 Å². The lowest BCUT2D eigenvalue weighted by atomic mass is 9.61. The van der Waals surface area contributed by atoms with Crippen molar-refractivity contribution in [3.05, 3.63) is 66.8 Å². The van der Waals surface area contributed by atoms with E-state index in [2.05, 4.69) is 55.1 Å². The van der Waals surface area contributed by atoms with E-state index in [4.69, 9.17) is 0 Å². The van der Waals surface area contributed by atoms with Gasteiger partial charge in [0.25, 0.3) is 0 Å². The molecule has 0 saturated heterocycles. The molecule has 0 amide bonds. The minimum absolute atomic E-state index is 0.265. The van der Waals surface area contributed by atoms with E-state index in [0.717, 1.165) is 18.8 Å². The van der Waals surface area contributed by atoms with Crippen molar-refractivity contribution in [2.75, 3.05) is 0 Å². The Kier molecular flexibility index (Phi) is 6.88. The van der Waals surface area contributed by atoms with Gasteiger partial charge in [0.05, 0.1) is 5.41 Å². The van der Waals surface area contributed by atoms with Crippen LogP contribution in [0.1, 0.15) is 70.3 Å². The van der Waals surface area contributed by atoms with Gasteiger partial charge in [-0.15, -0.1) is 6.58 Å². The summed E-state index contributed by atoms with van der Waals surface area (Å²) in [5.41, 5.74) is 2.24. The van der Waals surface area contributed by atoms with Crippen LogP contribution in [0.4, 0.5) is 0 Å². The average Bonchev–Trinajstić information content (AvgIpc) is 2.74. The lowest BCUT2D eigenvalue weighted by Gasteiger charge is -2.42. The first-order valence-electron chi connectivity index (χ1n) is 10.8. The van der Waals surface area contributed by atoms with Gasteiger partial charge in [-0.3, -0.25) is 4.79 Å². The van der Waals surface area contributed by atoms with Gasteiger partial charge in [-0.05, 0) is 55.1 Å². The van der Waals surface area contributed by atoms with E-state index in [9.17, 15) is 4.79 Å². The first-order chi connectivity index (χ1) is 13.2. The summed E-state index contributed by atoms with van der Waals surface area (Å²) < 4.78 is 0. The maximum atomic E-state index is 13.0. The number of allylic oxidation sites excluding steroid dienone is 5. The molecule has 2 aliphatic rings. The van der Waals surface area contributed by atoms with Gasteiger partial charge in [0.15, 0.2) is 0 Å². The smallest absolute Gasteiger partial charge is 0.143 e. The SMILES string of the molecule is C=CCCCC1CCC(C2(C(=O)CC)C=CC(c3ccccc3)=CC2)CC1. The van der Waals surface area contributed by atoms with Crippen molar-refractivity contribution in [1.82, 2.24) is 0 Å². The average molecular weight is 363 g/mol. The van der Waals surface area contributed by atoms with E-state index in [-0.39, 0.29) is 5.41 Å². The van der Waals surface area contributed by atoms with Crippen molar-refractivity contribution in [1.29, 1.82) is 0 Å². The van der Waals surface area contributed by atoms with Crippen molar-refractivity contribution in [3.8, 4) is 0 Å². The predicted octanol–water partition coefficient (Wildman–Crippen LogP) is 7.16. The van der Waals surface area contributed by atoms with Gasteiger partial charge in [0, 0.05) is 6.42 Å². The van der Waals surface area contributed by atoms with Gasteiger partial charge in [0.1, 0.15) is 5.78 Å². The number of ketones is 1. The minimum atomic E-state index is -0.265. The van der Waals surface area contributed by atoms with Crippen molar-refractivity contribution in [2.45, 2.75) is 64.7 Å². The molecule has 1 aromatic rings. The van der Waals surface area contributed by atoms with E-state index in [1.54, 1.807) is 0 Å². The first-order valence-corrected chi connectivity index (χ1v) is 10.8. The van der Waals surface area contributed by atoms with E-state index in [0.29, 0.717) is 18.1 Å². The number of carbonyl (C=O) groups is 1. The second kappa shape index (κ2) is 9.35. The molecule has 144 valence electrons. The third-order valence-electron chi connectivity index (χ3n) is 6.76. The van der Waals surface area contributed by atoms with E-state index in [1.807, 2.05) is 13.0 Å². The summed E-state index contributed by atoms with van der Waals surface area (Å²) in [5.74, 6) is 1.78. The Hall–Kier alpha value is -1.89. The number of rotatable bonds is 8. The molecule has 27 heavy (non-hydrogen) atoms. The summed E-state index contributed by atoms with van der Waals surface area (Å²) >= 11 is 0. The zero-order chi connectivity index (χ0) is 19.1. The van der Waals surface area contributed by atoms with Crippen LogP contribution in [-0.2, 0) is 4.79 Å². The number of hydrogen-bond acceptors (Lipinski definition) is 1. The Morgan fingerprint density at radius 3 is 2.52 bits per heavy atom. The molecule has 2 aliphatic carbocycles. The topological polar surface area (TPSA) is 17.1 Å². The molecule has 0 aliphatic heterocycles. The molecule has 0 heterocycles. The van der Waals surface area contributed by atoms with Crippen LogP contribution < -0.4 is 0 Å². The number of unbranched alkanes of at least 4 members (excludes halogenated alkanes) is 1. The summed E-state index contributed by atoms with van der Waals surface area (Å²) in [6.07, 6.45) is 19.0. The lowest BCUT2D eigenvalue weighted by molar-refractivity contribution is -0.129. The quantitative estimate of drug-likeness (QED) is 0.354. The molecular weight excluding hydrogens is 328 g/mol. The van der Waals surface area contributed by atoms with Crippen molar-refractivity contribution >= 4 is 11.4 Å². The highest BCUT2D eigenvalue weighted by molar-refractivity contribution is 5.89. The van der Waals surface area contributed by atoms with Gasteiger partial charge in [-0.1, -0.05) is 80.8 Å². The van der Waals surface area contributed by atoms with Crippen molar-refractivity contribution < 1.29 is 4.79 Å². The Morgan fingerprint density at radius 1 is 1.19 bits per heavy atom. The zero-order valence-corrected chi connectivity index (χ0v) is 16.8. The molecule has 1 unspecified atom stereocenters. The van der Waals surface area contributed by atoms with Crippen molar-refractivity contribution in [3.63, 3.8) is 0 Å². The molecule has 1 aromatic carbocycles. The molecular formula is C26H34O. The molecule has 0 spiro atoms. The zero-order valence-electron chi connectivity index (χ0n) is 16.8. The monoisotopic (exact) mass is 362 g/mol. The number of Topliss-reactive ketones (excluding diaryl/α,β-unsaturated/α-hetero) is 1. The third-order valence-corrected chi connectivity index (χ3v) is 6.76. The molecule has 1 heteroatoms.